The second-order valence-electron chi connectivity index (χ2n) is 2.98. The monoisotopic (exact) mass is 219 g/mol. The summed E-state index contributed by atoms with van der Waals surface area (Å²) in [6.45, 7) is 2.09. The van der Waals surface area contributed by atoms with E-state index in [2.05, 4.69) is 11.8 Å². The minimum Gasteiger partial charge on any atom is -0.326 e. The van der Waals surface area contributed by atoms with Gasteiger partial charge in [-0.3, -0.25) is 4.79 Å². The lowest BCUT2D eigenvalue weighted by Gasteiger charge is -1.95. The van der Waals surface area contributed by atoms with Crippen molar-refractivity contribution >= 4 is 16.9 Å². The predicted octanol–water partition coefficient (Wildman–Crippen LogP) is 1.78. The summed E-state index contributed by atoms with van der Waals surface area (Å²) in [4.78, 5) is 10.6. The maximum absolute atomic E-state index is 10.6. The van der Waals surface area contributed by atoms with E-state index in [-0.39, 0.29) is 5.12 Å². The molecule has 0 aromatic heterocycles. The predicted molar refractivity (Wildman–Crippen MR) is 64.4 cm³/mol. The number of thioether (sulfide) groups is 1. The third-order valence-corrected chi connectivity index (χ3v) is 2.47. The Morgan fingerprint density at radius 1 is 1.40 bits per heavy atom. The molecule has 0 spiro atoms. The van der Waals surface area contributed by atoms with Crippen LogP contribution in [0.5, 0.6) is 0 Å². The highest BCUT2D eigenvalue weighted by Crippen LogP contribution is 2.03. The Labute approximate surface area is 94.2 Å². The maximum atomic E-state index is 10.6. The van der Waals surface area contributed by atoms with Crippen LogP contribution in [0.4, 0.5) is 0 Å². The van der Waals surface area contributed by atoms with Gasteiger partial charge in [-0.15, -0.1) is 0 Å². The highest BCUT2D eigenvalue weighted by atomic mass is 32.2. The van der Waals surface area contributed by atoms with Crippen molar-refractivity contribution in [3.63, 3.8) is 0 Å². The van der Waals surface area contributed by atoms with E-state index in [1.807, 2.05) is 24.3 Å². The summed E-state index contributed by atoms with van der Waals surface area (Å²) in [5.41, 5.74) is 7.53. The van der Waals surface area contributed by atoms with Gasteiger partial charge in [0.05, 0.1) is 5.75 Å². The largest absolute Gasteiger partial charge is 0.326 e. The fourth-order valence-corrected chi connectivity index (χ4v) is 1.35. The van der Waals surface area contributed by atoms with Gasteiger partial charge in [0.25, 0.3) is 0 Å². The number of hydrogen-bond acceptors (Lipinski definition) is 3. The number of nitrogens with two attached hydrogens (primary N) is 1. The maximum Gasteiger partial charge on any atom is 0.186 e. The van der Waals surface area contributed by atoms with Crippen molar-refractivity contribution in [2.75, 3.05) is 5.75 Å². The van der Waals surface area contributed by atoms with Gasteiger partial charge >= 0.3 is 0 Å². The molecule has 15 heavy (non-hydrogen) atoms. The quantitative estimate of drug-likeness (QED) is 0.771. The van der Waals surface area contributed by atoms with Gasteiger partial charge in [-0.25, -0.2) is 0 Å². The minimum atomic E-state index is 0.0998. The van der Waals surface area contributed by atoms with Crippen LogP contribution in [0.3, 0.4) is 0 Å². The van der Waals surface area contributed by atoms with E-state index in [0.29, 0.717) is 12.3 Å². The van der Waals surface area contributed by atoms with Crippen LogP contribution in [0.2, 0.25) is 0 Å². The normalized spacial score (nSPS) is 9.20. The smallest absolute Gasteiger partial charge is 0.186 e. The zero-order valence-electron chi connectivity index (χ0n) is 8.62. The molecule has 3 heteroatoms. The van der Waals surface area contributed by atoms with E-state index in [1.165, 1.54) is 11.8 Å². The number of hydrogen-bond donors (Lipinski definition) is 1. The number of benzene rings is 1. The molecule has 0 saturated heterocycles. The van der Waals surface area contributed by atoms with Gasteiger partial charge in [0, 0.05) is 19.0 Å². The summed E-state index contributed by atoms with van der Waals surface area (Å²) in [5, 5.41) is 0.0998. The first-order valence-electron chi connectivity index (χ1n) is 4.63. The van der Waals surface area contributed by atoms with Gasteiger partial charge in [0.1, 0.15) is 0 Å². The molecule has 0 radical (unpaired) electrons. The van der Waals surface area contributed by atoms with Gasteiger partial charge < -0.3 is 5.73 Å². The third kappa shape index (κ3) is 4.68. The van der Waals surface area contributed by atoms with E-state index >= 15 is 0 Å². The molecular formula is C12H13NOS. The first kappa shape index (κ1) is 11.8. The van der Waals surface area contributed by atoms with Gasteiger partial charge in [0.2, 0.25) is 0 Å². The molecule has 0 atom stereocenters. The average Bonchev–Trinajstić information content (AvgIpc) is 2.25. The molecule has 0 aliphatic rings. The van der Waals surface area contributed by atoms with Crippen molar-refractivity contribution < 1.29 is 4.79 Å². The molecule has 0 saturated carbocycles. The summed E-state index contributed by atoms with van der Waals surface area (Å²) >= 11 is 1.23. The third-order valence-electron chi connectivity index (χ3n) is 1.77. The highest BCUT2D eigenvalue weighted by Gasteiger charge is 1.90. The van der Waals surface area contributed by atoms with Crippen LogP contribution in [0.1, 0.15) is 18.1 Å². The molecule has 1 rings (SSSR count). The number of carbonyl (C=O) groups excluding carboxylic acids is 1. The molecule has 2 nitrogen and oxygen atoms in total. The first-order valence-corrected chi connectivity index (χ1v) is 5.62. The minimum absolute atomic E-state index is 0.0998. The van der Waals surface area contributed by atoms with Crippen LogP contribution in [-0.4, -0.2) is 10.9 Å². The second kappa shape index (κ2) is 6.28. The molecule has 0 amide bonds. The summed E-state index contributed by atoms with van der Waals surface area (Å²) in [6, 6.07) is 7.80. The summed E-state index contributed by atoms with van der Waals surface area (Å²) in [7, 11) is 0. The van der Waals surface area contributed by atoms with Crippen molar-refractivity contribution in [1.82, 2.24) is 0 Å². The molecule has 0 aliphatic heterocycles. The fourth-order valence-electron chi connectivity index (χ4n) is 1.00. The molecule has 1 aromatic rings. The van der Waals surface area contributed by atoms with Gasteiger partial charge in [-0.2, -0.15) is 0 Å². The zero-order valence-corrected chi connectivity index (χ0v) is 9.43. The van der Waals surface area contributed by atoms with E-state index in [0.717, 1.165) is 11.1 Å². The van der Waals surface area contributed by atoms with Crippen LogP contribution in [0, 0.1) is 11.8 Å². The van der Waals surface area contributed by atoms with Gasteiger partial charge in [0.15, 0.2) is 5.12 Å². The van der Waals surface area contributed by atoms with E-state index in [1.54, 1.807) is 6.92 Å². The summed E-state index contributed by atoms with van der Waals surface area (Å²) in [5.74, 6) is 6.47. The summed E-state index contributed by atoms with van der Waals surface area (Å²) < 4.78 is 0. The highest BCUT2D eigenvalue weighted by molar-refractivity contribution is 8.13. The molecule has 0 unspecified atom stereocenters. The Morgan fingerprint density at radius 2 is 2.07 bits per heavy atom. The lowest BCUT2D eigenvalue weighted by Crippen LogP contribution is -1.95. The van der Waals surface area contributed by atoms with Crippen molar-refractivity contribution in [2.24, 2.45) is 5.73 Å². The van der Waals surface area contributed by atoms with Crippen LogP contribution in [0.25, 0.3) is 0 Å². The Kier molecular flexibility index (Phi) is 4.96. The second-order valence-corrected chi connectivity index (χ2v) is 4.14. The standard InChI is InChI=1S/C12H13NOS/c1-10(14)15-8-2-3-11-4-6-12(9-13)7-5-11/h4-7H,8-9,13H2,1H3. The molecule has 2 N–H and O–H groups in total. The van der Waals surface area contributed by atoms with Crippen molar-refractivity contribution in [1.29, 1.82) is 0 Å². The van der Waals surface area contributed by atoms with Crippen molar-refractivity contribution in [2.45, 2.75) is 13.5 Å². The topological polar surface area (TPSA) is 43.1 Å². The molecule has 0 heterocycles. The number of carbonyl (C=O) groups is 1. The Balaban J connectivity index is 2.52. The van der Waals surface area contributed by atoms with Gasteiger partial charge in [-0.1, -0.05) is 35.7 Å². The average molecular weight is 219 g/mol. The lowest BCUT2D eigenvalue weighted by molar-refractivity contribution is -0.109. The lowest BCUT2D eigenvalue weighted by atomic mass is 10.1. The zero-order chi connectivity index (χ0) is 11.1. The number of rotatable bonds is 2. The van der Waals surface area contributed by atoms with Crippen molar-refractivity contribution in [3.8, 4) is 11.8 Å². The Hall–Kier alpha value is -1.24. The molecule has 0 aliphatic carbocycles. The molecule has 0 fully saturated rings. The summed E-state index contributed by atoms with van der Waals surface area (Å²) in [6.07, 6.45) is 0. The van der Waals surface area contributed by atoms with Crippen molar-refractivity contribution in [3.05, 3.63) is 35.4 Å². The van der Waals surface area contributed by atoms with Crippen LogP contribution in [0.15, 0.2) is 24.3 Å². The molecule has 0 bridgehead atoms. The molecule has 78 valence electrons. The molecule has 1 aromatic carbocycles. The Bertz CT molecular complexity index is 386. The Morgan fingerprint density at radius 3 is 2.60 bits per heavy atom. The fraction of sp³-hybridized carbons (Fsp3) is 0.250. The van der Waals surface area contributed by atoms with E-state index in [9.17, 15) is 4.79 Å². The van der Waals surface area contributed by atoms with E-state index < -0.39 is 0 Å². The SMILES string of the molecule is CC(=O)SCC#Cc1ccc(CN)cc1. The van der Waals surface area contributed by atoms with E-state index in [4.69, 9.17) is 5.73 Å². The van der Waals surface area contributed by atoms with Crippen LogP contribution in [-0.2, 0) is 11.3 Å². The van der Waals surface area contributed by atoms with Crippen LogP contribution >= 0.6 is 11.8 Å². The van der Waals surface area contributed by atoms with Gasteiger partial charge in [-0.05, 0) is 17.7 Å². The van der Waals surface area contributed by atoms with Crippen LogP contribution < -0.4 is 5.73 Å². The molecular weight excluding hydrogens is 206 g/mol. The first-order chi connectivity index (χ1) is 7.22.